The quantitative estimate of drug-likeness (QED) is 0.764. The molecule has 3 amide bonds. The molecule has 0 aromatic carbocycles. The number of rotatable bonds is 7. The number of likely N-dealkylation sites (tertiary alicyclic amines) is 1. The first-order valence-corrected chi connectivity index (χ1v) is 10.3. The van der Waals surface area contributed by atoms with Gasteiger partial charge in [0.15, 0.2) is 0 Å². The van der Waals surface area contributed by atoms with E-state index in [2.05, 4.69) is 10.6 Å². The van der Waals surface area contributed by atoms with Gasteiger partial charge in [0.25, 0.3) is 5.91 Å². The Morgan fingerprint density at radius 3 is 2.46 bits per heavy atom. The molecule has 0 aliphatic carbocycles. The first kappa shape index (κ1) is 20.4. The fourth-order valence-electron chi connectivity index (χ4n) is 3.16. The summed E-state index contributed by atoms with van der Waals surface area (Å²) < 4.78 is 0. The number of nitrogens with zero attached hydrogens (tertiary/aromatic N) is 1. The molecule has 1 saturated heterocycles. The lowest BCUT2D eigenvalue weighted by molar-refractivity contribution is -0.132. The molecule has 0 spiro atoms. The minimum absolute atomic E-state index is 0.0314. The van der Waals surface area contributed by atoms with Crippen LogP contribution >= 0.6 is 11.3 Å². The second-order valence-electron chi connectivity index (χ2n) is 6.82. The molecule has 144 valence electrons. The highest BCUT2D eigenvalue weighted by Gasteiger charge is 2.34. The van der Waals surface area contributed by atoms with Crippen molar-refractivity contribution in [3.05, 3.63) is 22.4 Å². The lowest BCUT2D eigenvalue weighted by Crippen LogP contribution is -2.55. The Balaban J connectivity index is 2.06. The van der Waals surface area contributed by atoms with Crippen LogP contribution in [0.2, 0.25) is 0 Å². The molecule has 2 heterocycles. The van der Waals surface area contributed by atoms with Gasteiger partial charge in [0.2, 0.25) is 11.8 Å². The summed E-state index contributed by atoms with van der Waals surface area (Å²) in [5, 5.41) is 7.77. The number of hydrogen-bond acceptors (Lipinski definition) is 4. The number of thiophene rings is 1. The van der Waals surface area contributed by atoms with Crippen LogP contribution in [0.25, 0.3) is 0 Å². The van der Waals surface area contributed by atoms with Crippen LogP contribution in [0.15, 0.2) is 17.5 Å². The van der Waals surface area contributed by atoms with Crippen LogP contribution in [0.5, 0.6) is 0 Å². The van der Waals surface area contributed by atoms with Crippen molar-refractivity contribution in [2.24, 2.45) is 5.92 Å². The third-order valence-corrected chi connectivity index (χ3v) is 5.85. The van der Waals surface area contributed by atoms with Crippen molar-refractivity contribution in [3.8, 4) is 0 Å². The zero-order chi connectivity index (χ0) is 19.1. The van der Waals surface area contributed by atoms with Gasteiger partial charge < -0.3 is 15.5 Å². The summed E-state index contributed by atoms with van der Waals surface area (Å²) in [6.07, 6.45) is 2.77. The van der Waals surface area contributed by atoms with Gasteiger partial charge in [-0.05, 0) is 43.6 Å². The normalized spacial score (nSPS) is 17.4. The fourth-order valence-corrected chi connectivity index (χ4v) is 3.78. The van der Waals surface area contributed by atoms with Crippen molar-refractivity contribution in [1.29, 1.82) is 0 Å². The fraction of sp³-hybridized carbons (Fsp3) is 0.632. The first-order valence-electron chi connectivity index (χ1n) is 9.38. The highest BCUT2D eigenvalue weighted by molar-refractivity contribution is 7.12. The van der Waals surface area contributed by atoms with E-state index >= 15 is 0 Å². The molecule has 0 unspecified atom stereocenters. The van der Waals surface area contributed by atoms with Crippen LogP contribution in [-0.2, 0) is 9.59 Å². The van der Waals surface area contributed by atoms with E-state index in [-0.39, 0.29) is 29.7 Å². The third kappa shape index (κ3) is 5.30. The Hall–Kier alpha value is -1.89. The molecule has 2 rings (SSSR count). The summed E-state index contributed by atoms with van der Waals surface area (Å²) in [7, 11) is 0. The number of piperidine rings is 1. The van der Waals surface area contributed by atoms with E-state index in [4.69, 9.17) is 0 Å². The summed E-state index contributed by atoms with van der Waals surface area (Å²) in [5.41, 5.74) is 0. The highest BCUT2D eigenvalue weighted by atomic mass is 32.1. The molecular formula is C19H29N3O3S. The SMILES string of the molecule is CCC(=O)N1CCC([C@H](NC(=O)c2cccs2)C(=O)N[C@@H](C)CC)CC1. The smallest absolute Gasteiger partial charge is 0.262 e. The second-order valence-corrected chi connectivity index (χ2v) is 7.77. The lowest BCUT2D eigenvalue weighted by atomic mass is 9.88. The van der Waals surface area contributed by atoms with Crippen molar-refractivity contribution >= 4 is 29.1 Å². The van der Waals surface area contributed by atoms with Gasteiger partial charge >= 0.3 is 0 Å². The zero-order valence-corrected chi connectivity index (χ0v) is 16.6. The first-order chi connectivity index (χ1) is 12.5. The van der Waals surface area contributed by atoms with Crippen LogP contribution in [-0.4, -0.2) is 47.8 Å². The van der Waals surface area contributed by atoms with Crippen molar-refractivity contribution in [3.63, 3.8) is 0 Å². The van der Waals surface area contributed by atoms with E-state index in [1.165, 1.54) is 11.3 Å². The van der Waals surface area contributed by atoms with Gasteiger partial charge in [-0.3, -0.25) is 14.4 Å². The Bertz CT molecular complexity index is 610. The van der Waals surface area contributed by atoms with Crippen molar-refractivity contribution < 1.29 is 14.4 Å². The van der Waals surface area contributed by atoms with Gasteiger partial charge in [0.05, 0.1) is 4.88 Å². The van der Waals surface area contributed by atoms with E-state index in [1.54, 1.807) is 6.07 Å². The molecule has 6 nitrogen and oxygen atoms in total. The minimum Gasteiger partial charge on any atom is -0.352 e. The van der Waals surface area contributed by atoms with Crippen LogP contribution in [0.1, 0.15) is 56.1 Å². The molecule has 0 bridgehead atoms. The Morgan fingerprint density at radius 1 is 1.23 bits per heavy atom. The van der Waals surface area contributed by atoms with Crippen LogP contribution in [0.3, 0.4) is 0 Å². The number of carbonyl (C=O) groups excluding carboxylic acids is 3. The molecule has 0 saturated carbocycles. The average molecular weight is 380 g/mol. The topological polar surface area (TPSA) is 78.5 Å². The minimum atomic E-state index is -0.572. The molecule has 1 aliphatic heterocycles. The highest BCUT2D eigenvalue weighted by Crippen LogP contribution is 2.22. The number of hydrogen-bond donors (Lipinski definition) is 2. The molecule has 1 fully saturated rings. The molecule has 26 heavy (non-hydrogen) atoms. The average Bonchev–Trinajstić information content (AvgIpc) is 3.20. The van der Waals surface area contributed by atoms with Gasteiger partial charge in [-0.25, -0.2) is 0 Å². The van der Waals surface area contributed by atoms with Crippen molar-refractivity contribution in [1.82, 2.24) is 15.5 Å². The van der Waals surface area contributed by atoms with Crippen LogP contribution in [0.4, 0.5) is 0 Å². The molecule has 0 radical (unpaired) electrons. The van der Waals surface area contributed by atoms with E-state index < -0.39 is 6.04 Å². The molecule has 1 aromatic rings. The molecule has 1 aromatic heterocycles. The van der Waals surface area contributed by atoms with E-state index in [0.717, 1.165) is 19.3 Å². The maximum Gasteiger partial charge on any atom is 0.262 e. The lowest BCUT2D eigenvalue weighted by Gasteiger charge is -2.36. The summed E-state index contributed by atoms with van der Waals surface area (Å²) >= 11 is 1.36. The van der Waals surface area contributed by atoms with Crippen molar-refractivity contribution in [2.75, 3.05) is 13.1 Å². The summed E-state index contributed by atoms with van der Waals surface area (Å²) in [4.78, 5) is 39.6. The third-order valence-electron chi connectivity index (χ3n) is 4.98. The van der Waals surface area contributed by atoms with E-state index in [0.29, 0.717) is 24.4 Å². The predicted molar refractivity (Wildman–Crippen MR) is 103 cm³/mol. The summed E-state index contributed by atoms with van der Waals surface area (Å²) in [6, 6.07) is 3.07. The van der Waals surface area contributed by atoms with Crippen LogP contribution < -0.4 is 10.6 Å². The van der Waals surface area contributed by atoms with Gasteiger partial charge in [-0.1, -0.05) is 19.9 Å². The zero-order valence-electron chi connectivity index (χ0n) is 15.8. The van der Waals surface area contributed by atoms with Gasteiger partial charge in [-0.15, -0.1) is 11.3 Å². The monoisotopic (exact) mass is 379 g/mol. The molecule has 2 N–H and O–H groups in total. The Kier molecular flexibility index (Phi) is 7.63. The number of amides is 3. The molecule has 2 atom stereocenters. The van der Waals surface area contributed by atoms with Crippen molar-refractivity contribution in [2.45, 2.75) is 58.5 Å². The molecule has 7 heteroatoms. The summed E-state index contributed by atoms with van der Waals surface area (Å²) in [5.74, 6) is -0.170. The predicted octanol–water partition coefficient (Wildman–Crippen LogP) is 2.41. The standard InChI is InChI=1S/C19H29N3O3S/c1-4-13(3)20-19(25)17(21-18(24)15-7-6-12-26-15)14-8-10-22(11-9-14)16(23)5-2/h6-7,12-14,17H,4-5,8-11H2,1-3H3,(H,20,25)(H,21,24)/t13-,17-/m0/s1. The number of nitrogens with one attached hydrogen (secondary N) is 2. The van der Waals surface area contributed by atoms with Gasteiger partial charge in [-0.2, -0.15) is 0 Å². The maximum atomic E-state index is 12.8. The summed E-state index contributed by atoms with van der Waals surface area (Å²) in [6.45, 7) is 7.11. The van der Waals surface area contributed by atoms with Crippen LogP contribution in [0, 0.1) is 5.92 Å². The maximum absolute atomic E-state index is 12.8. The van der Waals surface area contributed by atoms with Gasteiger partial charge in [0.1, 0.15) is 6.04 Å². The molecule has 1 aliphatic rings. The number of carbonyl (C=O) groups is 3. The van der Waals surface area contributed by atoms with E-state index in [1.807, 2.05) is 37.1 Å². The Labute approximate surface area is 159 Å². The largest absolute Gasteiger partial charge is 0.352 e. The van der Waals surface area contributed by atoms with E-state index in [9.17, 15) is 14.4 Å². The van der Waals surface area contributed by atoms with Gasteiger partial charge in [0, 0.05) is 25.6 Å². The molecular weight excluding hydrogens is 350 g/mol. The Morgan fingerprint density at radius 2 is 1.92 bits per heavy atom. The second kappa shape index (κ2) is 9.71.